The van der Waals surface area contributed by atoms with Gasteiger partial charge in [0, 0.05) is 23.7 Å². The van der Waals surface area contributed by atoms with Crippen LogP contribution < -0.4 is 0 Å². The maximum absolute atomic E-state index is 12.8. The Hall–Kier alpha value is -1.22. The van der Waals surface area contributed by atoms with Gasteiger partial charge in [-0.1, -0.05) is 41.5 Å². The van der Waals surface area contributed by atoms with E-state index in [0.29, 0.717) is 12.8 Å². The molecule has 2 N–H and O–H groups in total. The lowest BCUT2D eigenvalue weighted by atomic mass is 9.94. The molecule has 28 heavy (non-hydrogen) atoms. The van der Waals surface area contributed by atoms with Gasteiger partial charge >= 0.3 is 0 Å². The molecule has 2 saturated carbocycles. The molecule has 2 unspecified atom stereocenters. The highest BCUT2D eigenvalue weighted by Crippen LogP contribution is 2.71. The van der Waals surface area contributed by atoms with Gasteiger partial charge in [0.25, 0.3) is 0 Å². The van der Waals surface area contributed by atoms with E-state index in [1.165, 1.54) is 0 Å². The highest BCUT2D eigenvalue weighted by Gasteiger charge is 2.91. The Bertz CT molecular complexity index is 731. The fourth-order valence-corrected chi connectivity index (χ4v) is 5.48. The van der Waals surface area contributed by atoms with Crippen molar-refractivity contribution in [3.8, 4) is 0 Å². The molecule has 8 nitrogen and oxygen atoms in total. The summed E-state index contributed by atoms with van der Waals surface area (Å²) >= 11 is 0. The first-order chi connectivity index (χ1) is 12.6. The molecule has 2 aliphatic carbocycles. The number of β-amino-alcohol motifs (C(OH)–C–C–N with tert-alkyl or cyclic N) is 2. The minimum absolute atomic E-state index is 0.0194. The van der Waals surface area contributed by atoms with Crippen LogP contribution in [-0.4, -0.2) is 79.8 Å². The maximum atomic E-state index is 12.8. The van der Waals surface area contributed by atoms with E-state index < -0.39 is 33.6 Å². The summed E-state index contributed by atoms with van der Waals surface area (Å²) in [6.45, 7) is 11.1. The average Bonchev–Trinajstić information content (AvgIpc) is 3.38. The number of rotatable bonds is 0. The second-order valence-corrected chi connectivity index (χ2v) is 11.4. The number of likely N-dealkylation sites (tertiary alicyclic amines) is 2. The molecule has 5 rings (SSSR count). The van der Waals surface area contributed by atoms with Crippen LogP contribution in [-0.2, 0) is 19.1 Å². The third-order valence-corrected chi connectivity index (χ3v) is 7.10. The fourth-order valence-electron chi connectivity index (χ4n) is 5.48. The van der Waals surface area contributed by atoms with Crippen LogP contribution in [0.3, 0.4) is 0 Å². The van der Waals surface area contributed by atoms with E-state index in [1.54, 1.807) is 9.80 Å². The Kier molecular flexibility index (Phi) is 3.07. The van der Waals surface area contributed by atoms with Gasteiger partial charge in [-0.15, -0.1) is 0 Å². The molecule has 0 aromatic heterocycles. The normalized spacial score (nSPS) is 48.6. The lowest BCUT2D eigenvalue weighted by molar-refractivity contribution is -0.428. The number of aliphatic hydroxyl groups is 2. The third-order valence-electron chi connectivity index (χ3n) is 7.10. The summed E-state index contributed by atoms with van der Waals surface area (Å²) in [5.74, 6) is -3.48. The fraction of sp³-hybridized carbons (Fsp3) is 0.900. The Labute approximate surface area is 164 Å². The third kappa shape index (κ3) is 1.95. The van der Waals surface area contributed by atoms with Crippen molar-refractivity contribution in [2.24, 2.45) is 10.8 Å². The van der Waals surface area contributed by atoms with Crippen LogP contribution in [0.15, 0.2) is 0 Å². The number of carbonyl (C=O) groups is 2. The van der Waals surface area contributed by atoms with Gasteiger partial charge in [0.1, 0.15) is 11.2 Å². The number of piperidine rings is 2. The van der Waals surface area contributed by atoms with Gasteiger partial charge in [0.15, 0.2) is 0 Å². The monoisotopic (exact) mass is 394 g/mol. The Morgan fingerprint density at radius 3 is 1.39 bits per heavy atom. The van der Waals surface area contributed by atoms with Crippen molar-refractivity contribution in [3.05, 3.63) is 0 Å². The molecule has 8 heteroatoms. The standard InChI is InChI=1S/C20H30N2O6/c1-15(2,3)13(23)21-9-19(25)17(7-11(17)21)27-20(26)10-22(14(24)16(4,5)6)12-8-18(12,20)28-19/h11-12,25-26H,7-10H2,1-6H3/t11?,12?,17-,18-,19-,20-/m0/s1. The van der Waals surface area contributed by atoms with E-state index in [2.05, 4.69) is 0 Å². The number of amides is 2. The number of hydrogen-bond donors (Lipinski definition) is 2. The van der Waals surface area contributed by atoms with Gasteiger partial charge in [-0.2, -0.15) is 0 Å². The van der Waals surface area contributed by atoms with Gasteiger partial charge < -0.3 is 29.5 Å². The van der Waals surface area contributed by atoms with Crippen LogP contribution in [0.2, 0.25) is 0 Å². The lowest BCUT2D eigenvalue weighted by Crippen LogP contribution is -2.68. The molecule has 3 aliphatic heterocycles. The molecular formula is C20H30N2O6. The molecule has 3 saturated heterocycles. The molecule has 156 valence electrons. The SMILES string of the molecule is CC(C)(C)C(=O)N1C[C@]2(O)O[C@@]34CC3N(C(=O)C(C)(C)C)C[C@]4(O)O[C@]23CC13. The molecule has 0 bridgehead atoms. The van der Waals surface area contributed by atoms with Crippen LogP contribution >= 0.6 is 0 Å². The van der Waals surface area contributed by atoms with Crippen LogP contribution in [0.4, 0.5) is 0 Å². The first kappa shape index (κ1) is 18.8. The smallest absolute Gasteiger partial charge is 0.228 e. The van der Waals surface area contributed by atoms with Crippen molar-refractivity contribution >= 4 is 11.8 Å². The summed E-state index contributed by atoms with van der Waals surface area (Å²) in [4.78, 5) is 29.0. The molecule has 5 fully saturated rings. The molecule has 0 aromatic rings. The van der Waals surface area contributed by atoms with Crippen molar-refractivity contribution in [2.75, 3.05) is 13.1 Å². The highest BCUT2D eigenvalue weighted by atomic mass is 16.8. The van der Waals surface area contributed by atoms with E-state index >= 15 is 0 Å². The van der Waals surface area contributed by atoms with Gasteiger partial charge in [-0.3, -0.25) is 9.59 Å². The topological polar surface area (TPSA) is 99.5 Å². The molecule has 5 aliphatic rings. The summed E-state index contributed by atoms with van der Waals surface area (Å²) in [6, 6.07) is -0.648. The highest BCUT2D eigenvalue weighted by molar-refractivity contribution is 5.84. The molecule has 3 heterocycles. The van der Waals surface area contributed by atoms with Crippen LogP contribution in [0.25, 0.3) is 0 Å². The first-order valence-corrected chi connectivity index (χ1v) is 10.1. The van der Waals surface area contributed by atoms with E-state index in [4.69, 9.17) is 9.47 Å². The Morgan fingerprint density at radius 1 is 0.786 bits per heavy atom. The Morgan fingerprint density at radius 2 is 1.11 bits per heavy atom. The summed E-state index contributed by atoms with van der Waals surface area (Å²) in [5.41, 5.74) is -3.42. The summed E-state index contributed by atoms with van der Waals surface area (Å²) in [7, 11) is 0. The van der Waals surface area contributed by atoms with E-state index in [9.17, 15) is 19.8 Å². The van der Waals surface area contributed by atoms with Crippen molar-refractivity contribution in [1.82, 2.24) is 9.80 Å². The van der Waals surface area contributed by atoms with E-state index in [1.807, 2.05) is 41.5 Å². The lowest BCUT2D eigenvalue weighted by Gasteiger charge is -2.48. The summed E-state index contributed by atoms with van der Waals surface area (Å²) in [6.07, 6.45) is 0.836. The largest absolute Gasteiger partial charge is 0.362 e. The average molecular weight is 394 g/mol. The number of nitrogens with zero attached hydrogens (tertiary/aromatic N) is 2. The second kappa shape index (κ2) is 4.58. The molecule has 0 aromatic carbocycles. The van der Waals surface area contributed by atoms with Gasteiger partial charge in [-0.25, -0.2) is 0 Å². The van der Waals surface area contributed by atoms with Crippen molar-refractivity contribution in [1.29, 1.82) is 0 Å². The number of carbonyl (C=O) groups excluding carboxylic acids is 2. The van der Waals surface area contributed by atoms with E-state index in [0.717, 1.165) is 0 Å². The zero-order valence-electron chi connectivity index (χ0n) is 17.4. The van der Waals surface area contributed by atoms with Gasteiger partial charge in [0.05, 0.1) is 25.2 Å². The van der Waals surface area contributed by atoms with Crippen LogP contribution in [0.1, 0.15) is 54.4 Å². The van der Waals surface area contributed by atoms with Crippen molar-refractivity contribution in [2.45, 2.75) is 89.2 Å². The van der Waals surface area contributed by atoms with Crippen LogP contribution in [0, 0.1) is 10.8 Å². The van der Waals surface area contributed by atoms with Crippen molar-refractivity contribution < 1.29 is 29.3 Å². The van der Waals surface area contributed by atoms with Gasteiger partial charge in [-0.05, 0) is 0 Å². The zero-order valence-corrected chi connectivity index (χ0v) is 17.4. The van der Waals surface area contributed by atoms with Crippen molar-refractivity contribution in [3.63, 3.8) is 0 Å². The molecular weight excluding hydrogens is 364 g/mol. The summed E-state index contributed by atoms with van der Waals surface area (Å²) < 4.78 is 12.4. The van der Waals surface area contributed by atoms with E-state index in [-0.39, 0.29) is 37.0 Å². The summed E-state index contributed by atoms with van der Waals surface area (Å²) in [5, 5.41) is 22.8. The maximum Gasteiger partial charge on any atom is 0.228 e. The predicted octanol–water partition coefficient (Wildman–Crippen LogP) is 0.209. The minimum Gasteiger partial charge on any atom is -0.362 e. The molecule has 2 amide bonds. The quantitative estimate of drug-likeness (QED) is 0.609. The first-order valence-electron chi connectivity index (χ1n) is 10.1. The molecule has 0 radical (unpaired) electrons. The minimum atomic E-state index is -1.67. The predicted molar refractivity (Wildman–Crippen MR) is 96.7 cm³/mol. The van der Waals surface area contributed by atoms with Gasteiger partial charge in [0.2, 0.25) is 23.4 Å². The number of hydrogen-bond acceptors (Lipinski definition) is 6. The second-order valence-electron chi connectivity index (χ2n) is 11.4. The molecule has 2 spiro atoms. The molecule has 6 atom stereocenters. The zero-order chi connectivity index (χ0) is 20.7. The van der Waals surface area contributed by atoms with Crippen LogP contribution in [0.5, 0.6) is 0 Å². The number of ether oxygens (including phenoxy) is 2. The Balaban J connectivity index is 1.46.